The third kappa shape index (κ3) is 10.2. The van der Waals surface area contributed by atoms with E-state index in [9.17, 15) is 9.90 Å². The van der Waals surface area contributed by atoms with Crippen LogP contribution in [0.4, 0.5) is 0 Å². The summed E-state index contributed by atoms with van der Waals surface area (Å²) in [6.45, 7) is 19.4. The number of nitrogens with zero attached hydrogens (tertiary/aromatic N) is 1. The first-order valence-electron chi connectivity index (χ1n) is 17.8. The van der Waals surface area contributed by atoms with Crippen molar-refractivity contribution in [2.75, 3.05) is 0 Å². The molecule has 1 radical (unpaired) electrons. The summed E-state index contributed by atoms with van der Waals surface area (Å²) in [7, 11) is 0. The van der Waals surface area contributed by atoms with Crippen LogP contribution in [-0.2, 0) is 36.7 Å². The molecule has 2 heterocycles. The van der Waals surface area contributed by atoms with Crippen LogP contribution in [0.3, 0.4) is 0 Å². The molecule has 3 aromatic carbocycles. The maximum Gasteiger partial charge on any atom is 0.162 e. The third-order valence-electron chi connectivity index (χ3n) is 9.30. The van der Waals surface area contributed by atoms with Gasteiger partial charge < -0.3 is 5.11 Å². The topological polar surface area (TPSA) is 50.2 Å². The van der Waals surface area contributed by atoms with Crippen molar-refractivity contribution in [2.45, 2.75) is 99.8 Å². The van der Waals surface area contributed by atoms with Crippen LogP contribution in [0, 0.1) is 23.8 Å². The average Bonchev–Trinajstić information content (AvgIpc) is 3.48. The number of carbonyl (C=O) groups excluding carboxylic acids is 1. The summed E-state index contributed by atoms with van der Waals surface area (Å²) in [6, 6.07) is 25.7. The average molecular weight is 853 g/mol. The maximum absolute atomic E-state index is 11.7. The number of fused-ring (bicyclic) bond motifs is 2. The quantitative estimate of drug-likeness (QED) is 0.0818. The number of pyridine rings is 1. The van der Waals surface area contributed by atoms with Crippen LogP contribution in [0.5, 0.6) is 0 Å². The monoisotopic (exact) mass is 853 g/mol. The van der Waals surface area contributed by atoms with E-state index in [1.54, 1.807) is 0 Å². The van der Waals surface area contributed by atoms with Gasteiger partial charge in [-0.3, -0.25) is 9.78 Å². The van der Waals surface area contributed by atoms with Gasteiger partial charge in [0.1, 0.15) is 0 Å². The summed E-state index contributed by atoms with van der Waals surface area (Å²) in [5.74, 6) is 1.21. The largest absolute Gasteiger partial charge is 0.512 e. The molecule has 3 nitrogen and oxygen atoms in total. The molecule has 0 saturated heterocycles. The number of aliphatic hydroxyl groups excluding tert-OH is 1. The summed E-state index contributed by atoms with van der Waals surface area (Å²) in [4.78, 5) is 16.5. The molecule has 0 aliphatic rings. The maximum atomic E-state index is 11.7. The summed E-state index contributed by atoms with van der Waals surface area (Å²) in [5.41, 5.74) is 7.31. The Kier molecular flexibility index (Phi) is 15.0. The van der Waals surface area contributed by atoms with Gasteiger partial charge in [0.2, 0.25) is 0 Å². The van der Waals surface area contributed by atoms with Gasteiger partial charge in [0.15, 0.2) is 5.78 Å². The van der Waals surface area contributed by atoms with Crippen molar-refractivity contribution in [2.24, 2.45) is 17.8 Å². The molecule has 0 saturated carbocycles. The molecular formula is C44H54IrNO2S-. The van der Waals surface area contributed by atoms with Crippen LogP contribution in [0.25, 0.3) is 43.2 Å². The zero-order chi connectivity index (χ0) is 35.0. The van der Waals surface area contributed by atoms with Crippen molar-refractivity contribution in [3.8, 4) is 22.4 Å². The zero-order valence-corrected chi connectivity index (χ0v) is 34.0. The van der Waals surface area contributed by atoms with E-state index in [0.717, 1.165) is 48.7 Å². The number of hydrogen-bond donors (Lipinski definition) is 1. The van der Waals surface area contributed by atoms with Crippen molar-refractivity contribution in [1.29, 1.82) is 0 Å². The minimum absolute atomic E-state index is 0. The fourth-order valence-electron chi connectivity index (χ4n) is 6.41. The van der Waals surface area contributed by atoms with Crippen molar-refractivity contribution in [1.82, 2.24) is 4.98 Å². The van der Waals surface area contributed by atoms with Crippen LogP contribution in [0.2, 0.25) is 0 Å². The molecule has 49 heavy (non-hydrogen) atoms. The molecule has 0 aliphatic carbocycles. The molecule has 263 valence electrons. The molecule has 2 aromatic heterocycles. The summed E-state index contributed by atoms with van der Waals surface area (Å²) >= 11 is 1.83. The summed E-state index contributed by atoms with van der Waals surface area (Å²) in [5, 5.41) is 15.8. The second-order valence-electron chi connectivity index (χ2n) is 14.4. The van der Waals surface area contributed by atoms with E-state index in [1.807, 2.05) is 45.2 Å². The second kappa shape index (κ2) is 18.2. The molecule has 0 aliphatic heterocycles. The van der Waals surface area contributed by atoms with E-state index in [0.29, 0.717) is 5.92 Å². The van der Waals surface area contributed by atoms with E-state index >= 15 is 0 Å². The van der Waals surface area contributed by atoms with Crippen molar-refractivity contribution < 1.29 is 30.0 Å². The van der Waals surface area contributed by atoms with Gasteiger partial charge in [0.25, 0.3) is 0 Å². The fraction of sp³-hybridized carbons (Fsp3) is 0.409. The summed E-state index contributed by atoms with van der Waals surface area (Å²) < 4.78 is 1.36. The van der Waals surface area contributed by atoms with Gasteiger partial charge in [-0.25, -0.2) is 0 Å². The zero-order valence-electron chi connectivity index (χ0n) is 30.8. The standard InChI is InChI=1S/C31H30NS.C13H24O2.Ir/c1-20(2)14-21-10-11-26-27(19-33-30(26)15-21)23-12-13-32-29(18-23)24-16-22-8-6-7-9-25(22)28(17-24)31(3,4)5;1-5-10(6-2)12(14)9-13(15)11(7-3)8-4;/h6-13,15,17-20H,14H2,1-5H3;9-11,14H,5-8H2,1-4H3;/q-1;;/b;12-9-;. The van der Waals surface area contributed by atoms with E-state index in [2.05, 4.69) is 107 Å². The number of hydrogen-bond acceptors (Lipinski definition) is 4. The Labute approximate surface area is 312 Å². The number of ketones is 1. The van der Waals surface area contributed by atoms with Gasteiger partial charge in [-0.15, -0.1) is 40.5 Å². The number of carbonyl (C=O) groups is 1. The van der Waals surface area contributed by atoms with E-state index in [-0.39, 0.29) is 48.9 Å². The van der Waals surface area contributed by atoms with E-state index in [1.165, 1.54) is 43.8 Å². The number of aliphatic hydroxyl groups is 1. The Morgan fingerprint density at radius 2 is 1.57 bits per heavy atom. The molecule has 0 amide bonds. The van der Waals surface area contributed by atoms with Crippen LogP contribution in [0.15, 0.2) is 84.1 Å². The number of thiophene rings is 1. The first-order chi connectivity index (χ1) is 22.9. The predicted molar refractivity (Wildman–Crippen MR) is 208 cm³/mol. The van der Waals surface area contributed by atoms with Gasteiger partial charge in [-0.1, -0.05) is 110 Å². The number of allylic oxidation sites excluding steroid dienone is 2. The first kappa shape index (κ1) is 40.3. The smallest absolute Gasteiger partial charge is 0.162 e. The number of benzene rings is 3. The molecule has 5 rings (SSSR count). The molecule has 0 unspecified atom stereocenters. The van der Waals surface area contributed by atoms with Crippen LogP contribution < -0.4 is 0 Å². The fourth-order valence-corrected chi connectivity index (χ4v) is 7.44. The third-order valence-corrected chi connectivity index (χ3v) is 10.2. The Morgan fingerprint density at radius 1 is 0.898 bits per heavy atom. The van der Waals surface area contributed by atoms with Gasteiger partial charge in [0.05, 0.1) is 5.76 Å². The molecule has 5 aromatic rings. The molecule has 0 fully saturated rings. The number of aromatic nitrogens is 1. The minimum atomic E-state index is 0. The molecule has 0 spiro atoms. The first-order valence-corrected chi connectivity index (χ1v) is 18.6. The van der Waals surface area contributed by atoms with Gasteiger partial charge in [-0.2, -0.15) is 0 Å². The number of rotatable bonds is 11. The Bertz CT molecular complexity index is 1850. The van der Waals surface area contributed by atoms with Crippen LogP contribution in [0.1, 0.15) is 99.1 Å². The molecule has 1 N–H and O–H groups in total. The van der Waals surface area contributed by atoms with Gasteiger partial charge in [0, 0.05) is 60.0 Å². The second-order valence-corrected chi connectivity index (χ2v) is 15.3. The van der Waals surface area contributed by atoms with E-state index < -0.39 is 0 Å². The normalized spacial score (nSPS) is 12.0. The Balaban J connectivity index is 0.000000347. The van der Waals surface area contributed by atoms with Gasteiger partial charge >= 0.3 is 0 Å². The molecule has 0 atom stereocenters. The Morgan fingerprint density at radius 3 is 2.20 bits per heavy atom. The van der Waals surface area contributed by atoms with Crippen molar-refractivity contribution >= 4 is 38.0 Å². The minimum Gasteiger partial charge on any atom is -0.512 e. The van der Waals surface area contributed by atoms with Crippen molar-refractivity contribution in [3.05, 3.63) is 101 Å². The SMILES string of the molecule is CC(C)Cc1ccc2c(-c3ccnc(-c4[c-]c5ccccc5c(C(C)(C)C)c4)c3)csc2c1.CCC(CC)C(=O)/C=C(\O)C(CC)CC.[Ir]. The van der Waals surface area contributed by atoms with Crippen LogP contribution in [-0.4, -0.2) is 15.9 Å². The Hall–Kier alpha value is -3.11. The van der Waals surface area contributed by atoms with Gasteiger partial charge in [-0.05, 0) is 77.6 Å². The van der Waals surface area contributed by atoms with Crippen LogP contribution >= 0.6 is 11.3 Å². The van der Waals surface area contributed by atoms with E-state index in [4.69, 9.17) is 4.98 Å². The summed E-state index contributed by atoms with van der Waals surface area (Å²) in [6.07, 6.45) is 7.96. The molecule has 0 bridgehead atoms. The molecule has 5 heteroatoms. The molecular weight excluding hydrogens is 799 g/mol. The predicted octanol–water partition coefficient (Wildman–Crippen LogP) is 12.9. The van der Waals surface area contributed by atoms with Crippen molar-refractivity contribution in [3.63, 3.8) is 0 Å².